The van der Waals surface area contributed by atoms with Crippen LogP contribution in [-0.2, 0) is 12.8 Å². The molecule has 1 unspecified atom stereocenters. The number of rotatable bonds is 2. The molecule has 1 atom stereocenters. The van der Waals surface area contributed by atoms with Crippen LogP contribution in [0.1, 0.15) is 35.6 Å². The molecule has 4 nitrogen and oxygen atoms in total. The van der Waals surface area contributed by atoms with Gasteiger partial charge in [-0.2, -0.15) is 0 Å². The number of hydrogen-bond donors (Lipinski definition) is 2. The van der Waals surface area contributed by atoms with Crippen LogP contribution in [0.2, 0.25) is 0 Å². The first-order chi connectivity index (χ1) is 11.3. The monoisotopic (exact) mass is 435 g/mol. The van der Waals surface area contributed by atoms with Gasteiger partial charge in [0.05, 0.1) is 0 Å². The highest BCUT2D eigenvalue weighted by Crippen LogP contribution is 2.34. The molecule has 1 heterocycles. The van der Waals surface area contributed by atoms with E-state index in [-0.39, 0.29) is 30.0 Å². The molecule has 0 bridgehead atoms. The van der Waals surface area contributed by atoms with E-state index in [1.807, 2.05) is 24.3 Å². The van der Waals surface area contributed by atoms with Crippen molar-refractivity contribution in [3.05, 3.63) is 59.2 Å². The fourth-order valence-electron chi connectivity index (χ4n) is 3.49. The summed E-state index contributed by atoms with van der Waals surface area (Å²) in [6.07, 6.45) is 4.79. The molecule has 1 aliphatic heterocycles. The van der Waals surface area contributed by atoms with Crippen LogP contribution in [0, 0.1) is 0 Å². The van der Waals surface area contributed by atoms with Gasteiger partial charge >= 0.3 is 0 Å². The van der Waals surface area contributed by atoms with Gasteiger partial charge in [0.25, 0.3) is 0 Å². The second-order valence-corrected chi connectivity index (χ2v) is 6.15. The molecular formula is C19H22IN3O. The number of nitrogens with one attached hydrogen (secondary N) is 1. The van der Waals surface area contributed by atoms with Crippen LogP contribution >= 0.6 is 24.0 Å². The number of hydrogen-bond acceptors (Lipinski definition) is 2. The van der Waals surface area contributed by atoms with E-state index >= 15 is 0 Å². The third-order valence-electron chi connectivity index (χ3n) is 4.63. The Bertz CT molecular complexity index is 760. The largest absolute Gasteiger partial charge is 0.491 e. The minimum absolute atomic E-state index is 0. The van der Waals surface area contributed by atoms with Crippen LogP contribution in [0.15, 0.2) is 47.5 Å². The molecule has 5 heteroatoms. The second-order valence-electron chi connectivity index (χ2n) is 6.15. The maximum absolute atomic E-state index is 6.16. The zero-order chi connectivity index (χ0) is 15.6. The van der Waals surface area contributed by atoms with Crippen LogP contribution in [-0.4, -0.2) is 12.6 Å². The van der Waals surface area contributed by atoms with Crippen molar-refractivity contribution >= 4 is 35.6 Å². The molecule has 24 heavy (non-hydrogen) atoms. The second kappa shape index (κ2) is 7.42. The third-order valence-corrected chi connectivity index (χ3v) is 4.63. The van der Waals surface area contributed by atoms with Gasteiger partial charge in [-0.1, -0.05) is 30.3 Å². The van der Waals surface area contributed by atoms with Gasteiger partial charge in [-0.25, -0.2) is 4.99 Å². The number of aliphatic imine (C=N–C) groups is 1. The number of guanidine groups is 1. The molecule has 2 aromatic rings. The van der Waals surface area contributed by atoms with E-state index in [9.17, 15) is 0 Å². The van der Waals surface area contributed by atoms with Gasteiger partial charge < -0.3 is 15.8 Å². The number of aryl methyl sites for hydroxylation is 1. The minimum atomic E-state index is -0.0294. The summed E-state index contributed by atoms with van der Waals surface area (Å²) in [5.41, 5.74) is 11.2. The molecule has 0 amide bonds. The Kier molecular flexibility index (Phi) is 5.28. The van der Waals surface area contributed by atoms with E-state index in [2.05, 4.69) is 28.5 Å². The van der Waals surface area contributed by atoms with Crippen molar-refractivity contribution in [3.8, 4) is 5.75 Å². The van der Waals surface area contributed by atoms with E-state index in [0.29, 0.717) is 12.6 Å². The SMILES string of the molecule is I.NC(=NC1COc2ccccc21)Nc1cccc2c1CCCC2. The molecule has 126 valence electrons. The predicted octanol–water partition coefficient (Wildman–Crippen LogP) is 4.04. The summed E-state index contributed by atoms with van der Waals surface area (Å²) in [7, 11) is 0. The summed E-state index contributed by atoms with van der Waals surface area (Å²) in [6.45, 7) is 0.550. The molecule has 0 saturated carbocycles. The fourth-order valence-corrected chi connectivity index (χ4v) is 3.49. The highest BCUT2D eigenvalue weighted by atomic mass is 127. The lowest BCUT2D eigenvalue weighted by Crippen LogP contribution is -2.25. The average molecular weight is 435 g/mol. The van der Waals surface area contributed by atoms with Gasteiger partial charge in [0, 0.05) is 11.3 Å². The fraction of sp³-hybridized carbons (Fsp3) is 0.316. The maximum atomic E-state index is 6.16. The summed E-state index contributed by atoms with van der Waals surface area (Å²) >= 11 is 0. The lowest BCUT2D eigenvalue weighted by atomic mass is 9.90. The van der Waals surface area contributed by atoms with Crippen molar-refractivity contribution in [2.45, 2.75) is 31.7 Å². The first-order valence-corrected chi connectivity index (χ1v) is 8.24. The van der Waals surface area contributed by atoms with Crippen LogP contribution in [0.3, 0.4) is 0 Å². The first kappa shape index (κ1) is 17.1. The number of benzene rings is 2. The third kappa shape index (κ3) is 3.36. The van der Waals surface area contributed by atoms with Crippen molar-refractivity contribution in [3.63, 3.8) is 0 Å². The van der Waals surface area contributed by atoms with Crippen molar-refractivity contribution < 1.29 is 4.74 Å². The zero-order valence-corrected chi connectivity index (χ0v) is 15.8. The summed E-state index contributed by atoms with van der Waals surface area (Å²) < 4.78 is 5.66. The van der Waals surface area contributed by atoms with Crippen LogP contribution in [0.4, 0.5) is 5.69 Å². The van der Waals surface area contributed by atoms with Crippen LogP contribution in [0.25, 0.3) is 0 Å². The summed E-state index contributed by atoms with van der Waals surface area (Å²) in [5.74, 6) is 1.36. The summed E-state index contributed by atoms with van der Waals surface area (Å²) in [5, 5.41) is 3.30. The lowest BCUT2D eigenvalue weighted by Gasteiger charge is -2.20. The number of para-hydroxylation sites is 1. The Morgan fingerprint density at radius 1 is 1.08 bits per heavy atom. The van der Waals surface area contributed by atoms with E-state index < -0.39 is 0 Å². The standard InChI is InChI=1S/C19H21N3O.HI/c20-19(22-17-12-23-18-11-4-3-9-15(17)18)21-16-10-5-7-13-6-1-2-8-14(13)16;/h3-5,7,9-11,17H,1-2,6,8,12H2,(H3,20,21,22);1H. The Balaban J connectivity index is 0.00000169. The number of nitrogens with two attached hydrogens (primary N) is 1. The molecule has 2 aliphatic rings. The molecule has 0 spiro atoms. The van der Waals surface area contributed by atoms with E-state index in [1.54, 1.807) is 0 Å². The summed E-state index contributed by atoms with van der Waals surface area (Å²) in [4.78, 5) is 4.62. The average Bonchev–Trinajstić information content (AvgIpc) is 2.98. The number of ether oxygens (including phenoxy) is 1. The number of halogens is 1. The molecule has 2 aromatic carbocycles. The molecule has 3 N–H and O–H groups in total. The van der Waals surface area contributed by atoms with Crippen molar-refractivity contribution in [2.24, 2.45) is 10.7 Å². The Hall–Kier alpha value is -1.76. The number of anilines is 1. The lowest BCUT2D eigenvalue weighted by molar-refractivity contribution is 0.334. The minimum Gasteiger partial charge on any atom is -0.491 e. The molecule has 0 fully saturated rings. The Morgan fingerprint density at radius 3 is 2.83 bits per heavy atom. The Labute approximate surface area is 159 Å². The zero-order valence-electron chi connectivity index (χ0n) is 13.5. The number of fused-ring (bicyclic) bond motifs is 2. The quantitative estimate of drug-likeness (QED) is 0.425. The van der Waals surface area contributed by atoms with E-state index in [4.69, 9.17) is 10.5 Å². The highest BCUT2D eigenvalue weighted by molar-refractivity contribution is 14.0. The molecular weight excluding hydrogens is 413 g/mol. The number of nitrogens with zero attached hydrogens (tertiary/aromatic N) is 1. The van der Waals surface area contributed by atoms with Crippen molar-refractivity contribution in [1.29, 1.82) is 0 Å². The van der Waals surface area contributed by atoms with Gasteiger partial charge in [-0.05, 0) is 48.9 Å². The van der Waals surface area contributed by atoms with Crippen molar-refractivity contribution in [2.75, 3.05) is 11.9 Å². The molecule has 0 saturated heterocycles. The molecule has 1 aliphatic carbocycles. The van der Waals surface area contributed by atoms with E-state index in [1.165, 1.54) is 24.0 Å². The molecule has 4 rings (SSSR count). The van der Waals surface area contributed by atoms with E-state index in [0.717, 1.165) is 29.8 Å². The first-order valence-electron chi connectivity index (χ1n) is 8.24. The predicted molar refractivity (Wildman–Crippen MR) is 108 cm³/mol. The summed E-state index contributed by atoms with van der Waals surface area (Å²) in [6, 6.07) is 14.4. The topological polar surface area (TPSA) is 59.6 Å². The van der Waals surface area contributed by atoms with Gasteiger partial charge in [-0.3, -0.25) is 0 Å². The Morgan fingerprint density at radius 2 is 1.92 bits per heavy atom. The molecule has 0 radical (unpaired) electrons. The van der Waals surface area contributed by atoms with Crippen LogP contribution in [0.5, 0.6) is 5.75 Å². The highest BCUT2D eigenvalue weighted by Gasteiger charge is 2.23. The van der Waals surface area contributed by atoms with Gasteiger partial charge in [0.2, 0.25) is 0 Å². The van der Waals surface area contributed by atoms with Gasteiger partial charge in [-0.15, -0.1) is 24.0 Å². The van der Waals surface area contributed by atoms with Crippen molar-refractivity contribution in [1.82, 2.24) is 0 Å². The smallest absolute Gasteiger partial charge is 0.193 e. The van der Waals surface area contributed by atoms with Gasteiger partial charge in [0.15, 0.2) is 5.96 Å². The van der Waals surface area contributed by atoms with Crippen LogP contribution < -0.4 is 15.8 Å². The molecule has 0 aromatic heterocycles. The maximum Gasteiger partial charge on any atom is 0.193 e. The van der Waals surface area contributed by atoms with Gasteiger partial charge in [0.1, 0.15) is 18.4 Å². The normalized spacial score (nSPS) is 18.8.